The van der Waals surface area contributed by atoms with Gasteiger partial charge in [-0.05, 0) is 24.6 Å². The first kappa shape index (κ1) is 17.2. The molecule has 0 aliphatic carbocycles. The quantitative estimate of drug-likeness (QED) is 0.660. The van der Waals surface area contributed by atoms with E-state index in [1.807, 2.05) is 6.07 Å². The molecule has 0 amide bonds. The fourth-order valence-corrected chi connectivity index (χ4v) is 2.94. The summed E-state index contributed by atoms with van der Waals surface area (Å²) < 4.78 is 5.12. The van der Waals surface area contributed by atoms with Crippen LogP contribution in [0.3, 0.4) is 0 Å². The third-order valence-corrected chi connectivity index (χ3v) is 4.24. The van der Waals surface area contributed by atoms with Gasteiger partial charge in [-0.15, -0.1) is 0 Å². The number of benzene rings is 2. The summed E-state index contributed by atoms with van der Waals surface area (Å²) >= 11 is 5.96. The molecular formula is C19H17ClN2O3. The first-order chi connectivity index (χ1) is 12.1. The summed E-state index contributed by atoms with van der Waals surface area (Å²) in [5.41, 5.74) is 4.34. The van der Waals surface area contributed by atoms with E-state index in [1.165, 1.54) is 0 Å². The third kappa shape index (κ3) is 3.56. The molecule has 0 fully saturated rings. The summed E-state index contributed by atoms with van der Waals surface area (Å²) in [5, 5.41) is 4.74. The zero-order valence-electron chi connectivity index (χ0n) is 13.6. The fourth-order valence-electron chi connectivity index (χ4n) is 2.81. The van der Waals surface area contributed by atoms with Gasteiger partial charge in [-0.1, -0.05) is 54.1 Å². The largest absolute Gasteiger partial charge is 0.464 e. The lowest BCUT2D eigenvalue weighted by Crippen LogP contribution is -2.38. The number of hydrazone groups is 1. The molecule has 0 aromatic heterocycles. The van der Waals surface area contributed by atoms with Crippen molar-refractivity contribution < 1.29 is 14.3 Å². The van der Waals surface area contributed by atoms with Gasteiger partial charge in [-0.25, -0.2) is 4.79 Å². The molecule has 128 valence electrons. The topological polar surface area (TPSA) is 67.8 Å². The number of Topliss-reactive ketones (excluding diaryl/α,β-unsaturated/α-hetero) is 1. The van der Waals surface area contributed by atoms with Gasteiger partial charge in [0.1, 0.15) is 5.71 Å². The Morgan fingerprint density at radius 3 is 2.44 bits per heavy atom. The molecule has 0 saturated heterocycles. The van der Waals surface area contributed by atoms with E-state index < -0.39 is 17.9 Å². The lowest BCUT2D eigenvalue weighted by atomic mass is 9.85. The van der Waals surface area contributed by atoms with Gasteiger partial charge < -0.3 is 4.74 Å². The molecule has 0 bridgehead atoms. The summed E-state index contributed by atoms with van der Waals surface area (Å²) in [6.45, 7) is 1.99. The number of carbonyl (C=O) groups excluding carboxylic acids is 2. The maximum atomic E-state index is 12.9. The number of ether oxygens (including phenoxy) is 1. The van der Waals surface area contributed by atoms with Crippen LogP contribution in [0.25, 0.3) is 0 Å². The molecule has 2 aromatic rings. The van der Waals surface area contributed by atoms with E-state index in [4.69, 9.17) is 16.3 Å². The lowest BCUT2D eigenvalue weighted by molar-refractivity contribution is -0.145. The van der Waals surface area contributed by atoms with Gasteiger partial charge >= 0.3 is 5.97 Å². The summed E-state index contributed by atoms with van der Waals surface area (Å²) in [7, 11) is 0. The van der Waals surface area contributed by atoms with E-state index in [1.54, 1.807) is 55.5 Å². The van der Waals surface area contributed by atoms with Crippen LogP contribution in [0.1, 0.15) is 28.8 Å². The molecule has 0 radical (unpaired) electrons. The number of esters is 1. The molecule has 3 rings (SSSR count). The normalized spacial score (nSPS) is 19.0. The van der Waals surface area contributed by atoms with Gasteiger partial charge in [0.15, 0.2) is 6.04 Å². The van der Waals surface area contributed by atoms with E-state index in [0.29, 0.717) is 10.6 Å². The SMILES string of the molecule is CCOC(=O)[C@@H]1NN=C(C(=O)c2ccccc2)[C@H]1c1ccc(Cl)cc1. The Hall–Kier alpha value is -2.66. The minimum absolute atomic E-state index is 0.222. The summed E-state index contributed by atoms with van der Waals surface area (Å²) in [4.78, 5) is 25.2. The van der Waals surface area contributed by atoms with Crippen molar-refractivity contribution in [2.75, 3.05) is 6.61 Å². The van der Waals surface area contributed by atoms with E-state index in [9.17, 15) is 9.59 Å². The standard InChI is InChI=1S/C19H17ClN2O3/c1-2-25-19(24)17-15(12-8-10-14(20)11-9-12)16(21-22-17)18(23)13-6-4-3-5-7-13/h3-11,15,17,22H,2H2,1H3/t15-,17-/m1/s1. The summed E-state index contributed by atoms with van der Waals surface area (Å²) in [5.74, 6) is -1.20. The Labute approximate surface area is 150 Å². The minimum Gasteiger partial charge on any atom is -0.464 e. The number of nitrogens with zero attached hydrogens (tertiary/aromatic N) is 1. The predicted molar refractivity (Wildman–Crippen MR) is 96.0 cm³/mol. The summed E-state index contributed by atoms with van der Waals surface area (Å²) in [6.07, 6.45) is 0. The van der Waals surface area contributed by atoms with Crippen molar-refractivity contribution >= 4 is 29.1 Å². The van der Waals surface area contributed by atoms with E-state index in [-0.39, 0.29) is 18.1 Å². The molecule has 5 nitrogen and oxygen atoms in total. The van der Waals surface area contributed by atoms with E-state index in [2.05, 4.69) is 10.5 Å². The monoisotopic (exact) mass is 356 g/mol. The van der Waals surface area contributed by atoms with Gasteiger partial charge in [0, 0.05) is 10.6 Å². The van der Waals surface area contributed by atoms with Gasteiger partial charge in [-0.3, -0.25) is 10.2 Å². The molecular weight excluding hydrogens is 340 g/mol. The Morgan fingerprint density at radius 1 is 1.12 bits per heavy atom. The highest BCUT2D eigenvalue weighted by atomic mass is 35.5. The molecule has 2 atom stereocenters. The second-order valence-corrected chi connectivity index (χ2v) is 6.02. The maximum Gasteiger partial charge on any atom is 0.331 e. The average Bonchev–Trinajstić information content (AvgIpc) is 3.08. The van der Waals surface area contributed by atoms with Crippen molar-refractivity contribution in [3.8, 4) is 0 Å². The summed E-state index contributed by atoms with van der Waals surface area (Å²) in [6, 6.07) is 15.1. The molecule has 6 heteroatoms. The van der Waals surface area contributed by atoms with Crippen molar-refractivity contribution in [3.63, 3.8) is 0 Å². The van der Waals surface area contributed by atoms with Crippen molar-refractivity contribution in [2.24, 2.45) is 5.10 Å². The Bertz CT molecular complexity index is 803. The molecule has 0 saturated carbocycles. The van der Waals surface area contributed by atoms with Crippen LogP contribution in [0.2, 0.25) is 5.02 Å². The van der Waals surface area contributed by atoms with Crippen LogP contribution in [0.5, 0.6) is 0 Å². The van der Waals surface area contributed by atoms with Crippen LogP contribution in [0.4, 0.5) is 0 Å². The van der Waals surface area contributed by atoms with Crippen molar-refractivity contribution in [1.29, 1.82) is 0 Å². The van der Waals surface area contributed by atoms with E-state index >= 15 is 0 Å². The van der Waals surface area contributed by atoms with Gasteiger partial charge in [0.05, 0.1) is 12.5 Å². The molecule has 2 aromatic carbocycles. The number of carbonyl (C=O) groups is 2. The number of hydrogen-bond donors (Lipinski definition) is 1. The van der Waals surface area contributed by atoms with Gasteiger partial charge in [-0.2, -0.15) is 5.10 Å². The van der Waals surface area contributed by atoms with Crippen LogP contribution >= 0.6 is 11.6 Å². The Kier molecular flexibility index (Phi) is 5.14. The first-order valence-electron chi connectivity index (χ1n) is 7.96. The van der Waals surface area contributed by atoms with Crippen LogP contribution < -0.4 is 5.43 Å². The van der Waals surface area contributed by atoms with Crippen molar-refractivity contribution in [2.45, 2.75) is 18.9 Å². The predicted octanol–water partition coefficient (Wildman–Crippen LogP) is 3.20. The first-order valence-corrected chi connectivity index (χ1v) is 8.34. The highest BCUT2D eigenvalue weighted by molar-refractivity contribution is 6.48. The van der Waals surface area contributed by atoms with Crippen molar-refractivity contribution in [1.82, 2.24) is 5.43 Å². The lowest BCUT2D eigenvalue weighted by Gasteiger charge is -2.19. The molecule has 1 heterocycles. The van der Waals surface area contributed by atoms with Crippen molar-refractivity contribution in [3.05, 3.63) is 70.7 Å². The highest BCUT2D eigenvalue weighted by Crippen LogP contribution is 2.29. The third-order valence-electron chi connectivity index (χ3n) is 3.99. The molecule has 1 N–H and O–H groups in total. The fraction of sp³-hybridized carbons (Fsp3) is 0.211. The Balaban J connectivity index is 1.97. The molecule has 1 aliphatic rings. The molecule has 1 aliphatic heterocycles. The maximum absolute atomic E-state index is 12.9. The number of rotatable bonds is 5. The number of nitrogens with one attached hydrogen (secondary N) is 1. The number of halogens is 1. The smallest absolute Gasteiger partial charge is 0.331 e. The number of ketones is 1. The Morgan fingerprint density at radius 2 is 1.80 bits per heavy atom. The van der Waals surface area contributed by atoms with Crippen LogP contribution in [0, 0.1) is 0 Å². The van der Waals surface area contributed by atoms with Gasteiger partial charge in [0.25, 0.3) is 0 Å². The van der Waals surface area contributed by atoms with E-state index in [0.717, 1.165) is 5.56 Å². The molecule has 0 unspecified atom stereocenters. The zero-order valence-corrected chi connectivity index (χ0v) is 14.4. The van der Waals surface area contributed by atoms with Gasteiger partial charge in [0.2, 0.25) is 5.78 Å². The second kappa shape index (κ2) is 7.49. The molecule has 25 heavy (non-hydrogen) atoms. The highest BCUT2D eigenvalue weighted by Gasteiger charge is 2.41. The molecule has 0 spiro atoms. The number of hydrogen-bond acceptors (Lipinski definition) is 5. The van der Waals surface area contributed by atoms with Crippen LogP contribution in [-0.2, 0) is 9.53 Å². The second-order valence-electron chi connectivity index (χ2n) is 5.58. The van der Waals surface area contributed by atoms with Crippen LogP contribution in [-0.4, -0.2) is 30.1 Å². The minimum atomic E-state index is -0.746. The average molecular weight is 357 g/mol. The van der Waals surface area contributed by atoms with Crippen LogP contribution in [0.15, 0.2) is 59.7 Å². The zero-order chi connectivity index (χ0) is 17.8.